The van der Waals surface area contributed by atoms with Crippen LogP contribution in [0.5, 0.6) is 5.75 Å². The zero-order valence-electron chi connectivity index (χ0n) is 14.8. The quantitative estimate of drug-likeness (QED) is 0.643. The number of rotatable bonds is 5. The molecule has 2 aromatic carbocycles. The predicted octanol–water partition coefficient (Wildman–Crippen LogP) is 2.92. The Balaban J connectivity index is 1.95. The molecule has 0 unspecified atom stereocenters. The van der Waals surface area contributed by atoms with E-state index in [-0.39, 0.29) is 11.5 Å². The zero-order valence-corrected chi connectivity index (χ0v) is 14.8. The van der Waals surface area contributed by atoms with E-state index in [1.165, 1.54) is 13.3 Å². The third kappa shape index (κ3) is 3.87. The number of anilines is 2. The molecule has 1 aromatic heterocycles. The number of benzene rings is 2. The summed E-state index contributed by atoms with van der Waals surface area (Å²) in [4.78, 5) is 21.2. The Morgan fingerprint density at radius 1 is 1.19 bits per heavy atom. The molecule has 0 aliphatic rings. The first kappa shape index (κ1) is 17.9. The van der Waals surface area contributed by atoms with E-state index in [0.29, 0.717) is 22.8 Å². The molecule has 7 heteroatoms. The number of nitrogens with zero attached hydrogens (tertiary/aromatic N) is 2. The molecule has 0 atom stereocenters. The number of hydrogen-bond acceptors (Lipinski definition) is 6. The van der Waals surface area contributed by atoms with Crippen molar-refractivity contribution in [3.63, 3.8) is 0 Å². The van der Waals surface area contributed by atoms with Crippen LogP contribution in [0.4, 0.5) is 11.5 Å². The number of nitrogen functional groups attached to an aromatic ring is 1. The summed E-state index contributed by atoms with van der Waals surface area (Å²) in [5.74, 6) is 0.0824. The Morgan fingerprint density at radius 2 is 1.96 bits per heavy atom. The lowest BCUT2D eigenvalue weighted by Gasteiger charge is -2.11. The van der Waals surface area contributed by atoms with Gasteiger partial charge in [-0.1, -0.05) is 36.9 Å². The number of hydrogen-bond donors (Lipinski definition) is 3. The highest BCUT2D eigenvalue weighted by atomic mass is 16.5. The highest BCUT2D eigenvalue weighted by molar-refractivity contribution is 6.06. The second-order valence-electron chi connectivity index (χ2n) is 5.75. The molecule has 5 N–H and O–H groups in total. The summed E-state index contributed by atoms with van der Waals surface area (Å²) in [6.07, 6.45) is 1.51. The van der Waals surface area contributed by atoms with Crippen molar-refractivity contribution < 1.29 is 9.53 Å². The summed E-state index contributed by atoms with van der Waals surface area (Å²) in [5, 5.41) is 2.75. The van der Waals surface area contributed by atoms with Gasteiger partial charge in [-0.2, -0.15) is 0 Å². The molecule has 0 aliphatic heterocycles. The van der Waals surface area contributed by atoms with Crippen LogP contribution in [0.1, 0.15) is 16.1 Å². The van der Waals surface area contributed by atoms with E-state index in [2.05, 4.69) is 21.9 Å². The van der Waals surface area contributed by atoms with Gasteiger partial charge in [0.2, 0.25) is 0 Å². The van der Waals surface area contributed by atoms with Gasteiger partial charge in [-0.25, -0.2) is 9.97 Å². The number of nitrogens with two attached hydrogens (primary N) is 2. The topological polar surface area (TPSA) is 116 Å². The molecule has 3 rings (SSSR count). The molecular weight excluding hydrogens is 342 g/mol. The van der Waals surface area contributed by atoms with Crippen LogP contribution in [0.2, 0.25) is 0 Å². The molecule has 0 radical (unpaired) electrons. The van der Waals surface area contributed by atoms with Gasteiger partial charge in [-0.05, 0) is 23.8 Å². The number of carbonyl (C=O) groups excluding carboxylic acids is 1. The third-order valence-electron chi connectivity index (χ3n) is 3.90. The van der Waals surface area contributed by atoms with Gasteiger partial charge in [0.1, 0.15) is 5.75 Å². The van der Waals surface area contributed by atoms with Crippen LogP contribution in [0.3, 0.4) is 0 Å². The second kappa shape index (κ2) is 7.57. The first-order chi connectivity index (χ1) is 13.0. The molecule has 136 valence electrons. The van der Waals surface area contributed by atoms with Gasteiger partial charge in [0.05, 0.1) is 24.7 Å². The van der Waals surface area contributed by atoms with E-state index in [1.54, 1.807) is 18.2 Å². The van der Waals surface area contributed by atoms with Gasteiger partial charge in [0.15, 0.2) is 11.5 Å². The molecule has 0 fully saturated rings. The number of para-hydroxylation sites is 2. The van der Waals surface area contributed by atoms with Crippen molar-refractivity contribution in [3.05, 3.63) is 72.6 Å². The SMILES string of the molecule is C=C(N)c1cccc(-c2cnc(N)c(C(=O)Nc3ccccc3OC)n2)c1. The van der Waals surface area contributed by atoms with Gasteiger partial charge in [-0.15, -0.1) is 0 Å². The number of carbonyl (C=O) groups is 1. The average Bonchev–Trinajstić information content (AvgIpc) is 2.68. The maximum absolute atomic E-state index is 12.7. The molecule has 0 bridgehead atoms. The lowest BCUT2D eigenvalue weighted by atomic mass is 10.1. The zero-order chi connectivity index (χ0) is 19.4. The van der Waals surface area contributed by atoms with Crippen molar-refractivity contribution in [2.75, 3.05) is 18.2 Å². The number of amides is 1. The van der Waals surface area contributed by atoms with E-state index in [0.717, 1.165) is 11.1 Å². The number of methoxy groups -OCH3 is 1. The van der Waals surface area contributed by atoms with Gasteiger partial charge >= 0.3 is 0 Å². The Bertz CT molecular complexity index is 1020. The van der Waals surface area contributed by atoms with Gasteiger partial charge in [0, 0.05) is 11.3 Å². The van der Waals surface area contributed by atoms with Crippen LogP contribution >= 0.6 is 0 Å². The number of aromatic nitrogens is 2. The minimum atomic E-state index is -0.481. The van der Waals surface area contributed by atoms with Crippen molar-refractivity contribution in [1.82, 2.24) is 9.97 Å². The van der Waals surface area contributed by atoms with Crippen LogP contribution < -0.4 is 21.5 Å². The maximum Gasteiger partial charge on any atom is 0.278 e. The van der Waals surface area contributed by atoms with Gasteiger partial charge in [-0.3, -0.25) is 4.79 Å². The lowest BCUT2D eigenvalue weighted by Crippen LogP contribution is -2.17. The summed E-state index contributed by atoms with van der Waals surface area (Å²) in [5.41, 5.74) is 14.6. The standard InChI is InChI=1S/C20H19N5O2/c1-12(21)13-6-5-7-14(10-13)16-11-23-19(22)18(24-16)20(26)25-15-8-3-4-9-17(15)27-2/h3-11H,1,21H2,2H3,(H2,22,23)(H,25,26). The van der Waals surface area contributed by atoms with Crippen molar-refractivity contribution >= 4 is 23.1 Å². The van der Waals surface area contributed by atoms with E-state index in [1.807, 2.05) is 30.3 Å². The molecular formula is C20H19N5O2. The highest BCUT2D eigenvalue weighted by Gasteiger charge is 2.16. The fourth-order valence-electron chi connectivity index (χ4n) is 2.51. The summed E-state index contributed by atoms with van der Waals surface area (Å²) in [6.45, 7) is 3.73. The highest BCUT2D eigenvalue weighted by Crippen LogP contribution is 2.25. The van der Waals surface area contributed by atoms with Crippen LogP contribution in [-0.4, -0.2) is 23.0 Å². The largest absolute Gasteiger partial charge is 0.495 e. The predicted molar refractivity (Wildman–Crippen MR) is 106 cm³/mol. The number of ether oxygens (including phenoxy) is 1. The Hall–Kier alpha value is -3.87. The van der Waals surface area contributed by atoms with E-state index in [4.69, 9.17) is 16.2 Å². The first-order valence-electron chi connectivity index (χ1n) is 8.11. The fourth-order valence-corrected chi connectivity index (χ4v) is 2.51. The molecule has 3 aromatic rings. The summed E-state index contributed by atoms with van der Waals surface area (Å²) in [6, 6.07) is 14.4. The second-order valence-corrected chi connectivity index (χ2v) is 5.75. The first-order valence-corrected chi connectivity index (χ1v) is 8.11. The van der Waals surface area contributed by atoms with E-state index < -0.39 is 5.91 Å². The summed E-state index contributed by atoms with van der Waals surface area (Å²) < 4.78 is 5.24. The molecule has 27 heavy (non-hydrogen) atoms. The lowest BCUT2D eigenvalue weighted by molar-refractivity contribution is 0.102. The fraction of sp³-hybridized carbons (Fsp3) is 0.0500. The van der Waals surface area contributed by atoms with Crippen molar-refractivity contribution in [1.29, 1.82) is 0 Å². The molecule has 0 saturated heterocycles. The smallest absolute Gasteiger partial charge is 0.278 e. The molecule has 1 heterocycles. The van der Waals surface area contributed by atoms with E-state index >= 15 is 0 Å². The Labute approximate surface area is 156 Å². The minimum Gasteiger partial charge on any atom is -0.495 e. The molecule has 1 amide bonds. The van der Waals surface area contributed by atoms with Crippen molar-refractivity contribution in [3.8, 4) is 17.0 Å². The average molecular weight is 361 g/mol. The molecule has 7 nitrogen and oxygen atoms in total. The Morgan fingerprint density at radius 3 is 2.70 bits per heavy atom. The van der Waals surface area contributed by atoms with Crippen molar-refractivity contribution in [2.45, 2.75) is 0 Å². The van der Waals surface area contributed by atoms with Crippen LogP contribution in [-0.2, 0) is 0 Å². The summed E-state index contributed by atoms with van der Waals surface area (Å²) in [7, 11) is 1.53. The van der Waals surface area contributed by atoms with Gasteiger partial charge < -0.3 is 21.5 Å². The minimum absolute atomic E-state index is 0.0235. The molecule has 0 saturated carbocycles. The Kier molecular flexibility index (Phi) is 5.03. The number of nitrogens with one attached hydrogen (secondary N) is 1. The normalized spacial score (nSPS) is 10.3. The molecule has 0 aliphatic carbocycles. The third-order valence-corrected chi connectivity index (χ3v) is 3.90. The summed E-state index contributed by atoms with van der Waals surface area (Å²) >= 11 is 0. The van der Waals surface area contributed by atoms with Gasteiger partial charge in [0.25, 0.3) is 5.91 Å². The van der Waals surface area contributed by atoms with Crippen molar-refractivity contribution in [2.24, 2.45) is 5.73 Å². The maximum atomic E-state index is 12.7. The van der Waals surface area contributed by atoms with E-state index in [9.17, 15) is 4.79 Å². The van der Waals surface area contributed by atoms with Crippen LogP contribution in [0.15, 0.2) is 61.3 Å². The van der Waals surface area contributed by atoms with Crippen LogP contribution in [0, 0.1) is 0 Å². The van der Waals surface area contributed by atoms with Crippen LogP contribution in [0.25, 0.3) is 17.0 Å². The monoisotopic (exact) mass is 361 g/mol. The molecule has 0 spiro atoms.